The van der Waals surface area contributed by atoms with Crippen molar-refractivity contribution in [2.75, 3.05) is 19.0 Å². The van der Waals surface area contributed by atoms with E-state index in [2.05, 4.69) is 0 Å². The van der Waals surface area contributed by atoms with Crippen LogP contribution >= 0.6 is 11.6 Å². The fourth-order valence-corrected chi connectivity index (χ4v) is 2.34. The molecule has 19 heavy (non-hydrogen) atoms. The third-order valence-electron chi connectivity index (χ3n) is 3.00. The van der Waals surface area contributed by atoms with Gasteiger partial charge in [0.25, 0.3) is 5.91 Å². The van der Waals surface area contributed by atoms with E-state index in [4.69, 9.17) is 16.3 Å². The predicted octanol–water partition coefficient (Wildman–Crippen LogP) is 1.57. The van der Waals surface area contributed by atoms with Crippen molar-refractivity contribution in [3.8, 4) is 11.5 Å². The summed E-state index contributed by atoms with van der Waals surface area (Å²) in [7, 11) is 0. The maximum absolute atomic E-state index is 12.3. The average Bonchev–Trinajstić information content (AvgIpc) is 2.37. The van der Waals surface area contributed by atoms with E-state index in [9.17, 15) is 15.0 Å². The lowest BCUT2D eigenvalue weighted by Gasteiger charge is -2.36. The molecule has 0 spiro atoms. The van der Waals surface area contributed by atoms with Crippen molar-refractivity contribution in [3.63, 3.8) is 0 Å². The molecule has 1 fully saturated rings. The minimum atomic E-state index is -0.289. The molecule has 1 heterocycles. The number of hydrogen-bond acceptors (Lipinski definition) is 4. The van der Waals surface area contributed by atoms with Gasteiger partial charge in [0.05, 0.1) is 23.7 Å². The van der Waals surface area contributed by atoms with E-state index in [0.717, 1.165) is 6.07 Å². The van der Waals surface area contributed by atoms with Crippen LogP contribution in [0.1, 0.15) is 17.3 Å². The summed E-state index contributed by atoms with van der Waals surface area (Å²) in [5.74, 6) is -0.285. The van der Waals surface area contributed by atoms with Gasteiger partial charge in [0.1, 0.15) is 11.5 Å². The maximum atomic E-state index is 12.3. The Bertz CT molecular complexity index is 480. The zero-order valence-corrected chi connectivity index (χ0v) is 11.3. The molecule has 104 valence electrons. The Hall–Kier alpha value is -1.46. The van der Waals surface area contributed by atoms with Crippen molar-refractivity contribution < 1.29 is 19.7 Å². The number of aromatic hydroxyl groups is 2. The number of carbonyl (C=O) groups excluding carboxylic acids is 1. The Balaban J connectivity index is 2.18. The van der Waals surface area contributed by atoms with Crippen LogP contribution < -0.4 is 0 Å². The Kier molecular flexibility index (Phi) is 4.17. The van der Waals surface area contributed by atoms with Crippen LogP contribution in [-0.4, -0.2) is 52.2 Å². The zero-order valence-electron chi connectivity index (χ0n) is 10.5. The van der Waals surface area contributed by atoms with E-state index in [1.165, 1.54) is 12.1 Å². The number of halogens is 1. The van der Waals surface area contributed by atoms with Crippen molar-refractivity contribution in [1.82, 2.24) is 4.90 Å². The zero-order chi connectivity index (χ0) is 14.0. The standard InChI is InChI=1S/C13H16ClNO4/c1-8-6-15(7-10(5-14)19-8)13(18)11-3-2-9(16)4-12(11)17/h2-4,8,10,16-17H,5-7H2,1H3. The van der Waals surface area contributed by atoms with Crippen LogP contribution in [0.3, 0.4) is 0 Å². The molecular formula is C13H16ClNO4. The Labute approximate surface area is 116 Å². The third kappa shape index (κ3) is 3.11. The smallest absolute Gasteiger partial charge is 0.257 e. The molecule has 1 saturated heterocycles. The van der Waals surface area contributed by atoms with Gasteiger partial charge in [-0.25, -0.2) is 0 Å². The number of morpholine rings is 1. The molecule has 1 aliphatic rings. The van der Waals surface area contributed by atoms with Crippen molar-refractivity contribution in [2.45, 2.75) is 19.1 Å². The predicted molar refractivity (Wildman–Crippen MR) is 70.7 cm³/mol. The van der Waals surface area contributed by atoms with Crippen LogP contribution in [0.4, 0.5) is 0 Å². The van der Waals surface area contributed by atoms with Gasteiger partial charge in [-0.15, -0.1) is 11.6 Å². The van der Waals surface area contributed by atoms with E-state index in [1.807, 2.05) is 6.92 Å². The molecule has 0 bridgehead atoms. The monoisotopic (exact) mass is 285 g/mol. The molecule has 0 aliphatic carbocycles. The van der Waals surface area contributed by atoms with Gasteiger partial charge in [-0.3, -0.25) is 4.79 Å². The lowest BCUT2D eigenvalue weighted by molar-refractivity contribution is -0.0571. The first-order valence-corrected chi connectivity index (χ1v) is 6.57. The minimum Gasteiger partial charge on any atom is -0.508 e. The van der Waals surface area contributed by atoms with Crippen LogP contribution in [0.2, 0.25) is 0 Å². The summed E-state index contributed by atoms with van der Waals surface area (Å²) in [4.78, 5) is 13.9. The molecule has 0 saturated carbocycles. The van der Waals surface area contributed by atoms with Gasteiger partial charge in [-0.2, -0.15) is 0 Å². The number of hydrogen-bond donors (Lipinski definition) is 2. The Morgan fingerprint density at radius 3 is 2.84 bits per heavy atom. The molecule has 2 atom stereocenters. The van der Waals surface area contributed by atoms with Crippen LogP contribution in [0.25, 0.3) is 0 Å². The van der Waals surface area contributed by atoms with Crippen molar-refractivity contribution in [1.29, 1.82) is 0 Å². The van der Waals surface area contributed by atoms with Crippen LogP contribution in [0.5, 0.6) is 11.5 Å². The molecule has 5 nitrogen and oxygen atoms in total. The Morgan fingerprint density at radius 1 is 1.47 bits per heavy atom. The second-order valence-electron chi connectivity index (χ2n) is 4.63. The number of phenolic OH excluding ortho intramolecular Hbond substituents is 2. The normalized spacial score (nSPS) is 23.4. The van der Waals surface area contributed by atoms with Crippen molar-refractivity contribution in [2.24, 2.45) is 0 Å². The number of ether oxygens (including phenoxy) is 1. The van der Waals surface area contributed by atoms with E-state index >= 15 is 0 Å². The summed E-state index contributed by atoms with van der Waals surface area (Å²) in [6, 6.07) is 3.93. The summed E-state index contributed by atoms with van der Waals surface area (Å²) >= 11 is 5.77. The fourth-order valence-electron chi connectivity index (χ4n) is 2.17. The first-order chi connectivity index (χ1) is 9.01. The number of amides is 1. The van der Waals surface area contributed by atoms with E-state index < -0.39 is 0 Å². The fraction of sp³-hybridized carbons (Fsp3) is 0.462. The molecule has 2 rings (SSSR count). The van der Waals surface area contributed by atoms with Gasteiger partial charge in [-0.1, -0.05) is 0 Å². The number of benzene rings is 1. The lowest BCUT2D eigenvalue weighted by Crippen LogP contribution is -2.49. The molecule has 1 amide bonds. The highest BCUT2D eigenvalue weighted by Gasteiger charge is 2.29. The summed E-state index contributed by atoms with van der Waals surface area (Å²) in [6.45, 7) is 2.72. The van der Waals surface area contributed by atoms with Gasteiger partial charge in [0.2, 0.25) is 0 Å². The van der Waals surface area contributed by atoms with Crippen LogP contribution in [0, 0.1) is 0 Å². The van der Waals surface area contributed by atoms with Gasteiger partial charge in [0.15, 0.2) is 0 Å². The first kappa shape index (κ1) is 14.0. The molecule has 1 aromatic carbocycles. The first-order valence-electron chi connectivity index (χ1n) is 6.04. The molecule has 1 aromatic rings. The Morgan fingerprint density at radius 2 is 2.21 bits per heavy atom. The summed E-state index contributed by atoms with van der Waals surface area (Å²) in [5, 5.41) is 18.9. The van der Waals surface area contributed by atoms with Gasteiger partial charge < -0.3 is 19.8 Å². The number of phenols is 2. The molecule has 6 heteroatoms. The largest absolute Gasteiger partial charge is 0.508 e. The second-order valence-corrected chi connectivity index (χ2v) is 4.94. The lowest BCUT2D eigenvalue weighted by atomic mass is 10.1. The summed E-state index contributed by atoms with van der Waals surface area (Å²) in [5.41, 5.74) is 0.167. The topological polar surface area (TPSA) is 70.0 Å². The second kappa shape index (κ2) is 5.67. The number of rotatable bonds is 2. The maximum Gasteiger partial charge on any atom is 0.257 e. The average molecular weight is 286 g/mol. The summed E-state index contributed by atoms with van der Waals surface area (Å²) < 4.78 is 5.57. The van der Waals surface area contributed by atoms with Gasteiger partial charge >= 0.3 is 0 Å². The number of nitrogens with zero attached hydrogens (tertiary/aromatic N) is 1. The van der Waals surface area contributed by atoms with E-state index in [0.29, 0.717) is 19.0 Å². The van der Waals surface area contributed by atoms with Gasteiger partial charge in [-0.05, 0) is 19.1 Å². The van der Waals surface area contributed by atoms with E-state index in [-0.39, 0.29) is 35.2 Å². The highest BCUT2D eigenvalue weighted by Crippen LogP contribution is 2.25. The minimum absolute atomic E-state index is 0.0805. The number of alkyl halides is 1. The highest BCUT2D eigenvalue weighted by atomic mass is 35.5. The SMILES string of the molecule is CC1CN(C(=O)c2ccc(O)cc2O)CC(CCl)O1. The van der Waals surface area contributed by atoms with E-state index in [1.54, 1.807) is 4.90 Å². The quantitative estimate of drug-likeness (QED) is 0.809. The van der Waals surface area contributed by atoms with Crippen LogP contribution in [-0.2, 0) is 4.74 Å². The van der Waals surface area contributed by atoms with Crippen molar-refractivity contribution >= 4 is 17.5 Å². The molecule has 2 unspecified atom stereocenters. The summed E-state index contributed by atoms with van der Waals surface area (Å²) in [6.07, 6.45) is -0.297. The molecular weight excluding hydrogens is 270 g/mol. The molecule has 0 aromatic heterocycles. The number of carbonyl (C=O) groups is 1. The molecule has 2 N–H and O–H groups in total. The molecule has 0 radical (unpaired) electrons. The van der Waals surface area contributed by atoms with Crippen molar-refractivity contribution in [3.05, 3.63) is 23.8 Å². The van der Waals surface area contributed by atoms with Crippen LogP contribution in [0.15, 0.2) is 18.2 Å². The van der Waals surface area contributed by atoms with Gasteiger partial charge in [0, 0.05) is 19.2 Å². The third-order valence-corrected chi connectivity index (χ3v) is 3.34. The highest BCUT2D eigenvalue weighted by molar-refractivity contribution is 6.18. The molecule has 1 aliphatic heterocycles.